The summed E-state index contributed by atoms with van der Waals surface area (Å²) in [5.41, 5.74) is 0.668. The Balaban J connectivity index is 1.79. The van der Waals surface area contributed by atoms with Crippen LogP contribution in [-0.4, -0.2) is 51.7 Å². The normalized spacial score (nSPS) is 12.3. The Bertz CT molecular complexity index is 1220. The molecule has 154 valence electrons. The average Bonchev–Trinajstić information content (AvgIpc) is 3.16. The van der Waals surface area contributed by atoms with Gasteiger partial charge in [0, 0.05) is 18.9 Å². The minimum Gasteiger partial charge on any atom is -0.497 e. The predicted molar refractivity (Wildman–Crippen MR) is 104 cm³/mol. The first-order valence-corrected chi connectivity index (χ1v) is 11.7. The summed E-state index contributed by atoms with van der Waals surface area (Å²) in [6.45, 7) is -0.146. The van der Waals surface area contributed by atoms with E-state index in [9.17, 15) is 16.8 Å². The molecule has 3 aromatic rings. The fraction of sp³-hybridized carbons (Fsp3) is 0.222. The van der Waals surface area contributed by atoms with Gasteiger partial charge < -0.3 is 9.26 Å². The van der Waals surface area contributed by atoms with Crippen LogP contribution in [-0.2, 0) is 26.4 Å². The van der Waals surface area contributed by atoms with Gasteiger partial charge in [-0.2, -0.15) is 9.29 Å². The molecular formula is C18H19N3O6S2. The molecule has 0 radical (unpaired) electrons. The van der Waals surface area contributed by atoms with Crippen molar-refractivity contribution in [2.45, 2.75) is 16.3 Å². The van der Waals surface area contributed by atoms with Gasteiger partial charge in [0.1, 0.15) is 5.75 Å². The molecule has 1 aromatic heterocycles. The van der Waals surface area contributed by atoms with Crippen molar-refractivity contribution in [3.8, 4) is 17.1 Å². The molecular weight excluding hydrogens is 418 g/mol. The van der Waals surface area contributed by atoms with E-state index in [2.05, 4.69) is 10.1 Å². The lowest BCUT2D eigenvalue weighted by molar-refractivity contribution is 0.336. The van der Waals surface area contributed by atoms with Gasteiger partial charge in [-0.15, -0.1) is 0 Å². The van der Waals surface area contributed by atoms with Gasteiger partial charge in [0.05, 0.1) is 23.4 Å². The van der Waals surface area contributed by atoms with E-state index < -0.39 is 19.9 Å². The van der Waals surface area contributed by atoms with E-state index in [0.717, 1.165) is 10.6 Å². The van der Waals surface area contributed by atoms with Gasteiger partial charge in [-0.3, -0.25) is 0 Å². The number of nitrogens with zero attached hydrogens (tertiary/aromatic N) is 3. The summed E-state index contributed by atoms with van der Waals surface area (Å²) >= 11 is 0. The Hall–Kier alpha value is -2.76. The maximum atomic E-state index is 12.7. The zero-order chi connectivity index (χ0) is 21.2. The lowest BCUT2D eigenvalue weighted by Gasteiger charge is -2.15. The third-order valence-corrected chi connectivity index (χ3v) is 7.06. The zero-order valence-electron chi connectivity index (χ0n) is 15.9. The first-order chi connectivity index (χ1) is 13.6. The van der Waals surface area contributed by atoms with Gasteiger partial charge in [-0.1, -0.05) is 17.3 Å². The summed E-state index contributed by atoms with van der Waals surface area (Å²) in [5.74, 6) is 1.05. The Morgan fingerprint density at radius 1 is 1.03 bits per heavy atom. The van der Waals surface area contributed by atoms with Crippen molar-refractivity contribution < 1.29 is 26.1 Å². The number of sulfonamides is 1. The molecule has 0 unspecified atom stereocenters. The van der Waals surface area contributed by atoms with Crippen molar-refractivity contribution >= 4 is 19.9 Å². The highest BCUT2D eigenvalue weighted by atomic mass is 32.2. The quantitative estimate of drug-likeness (QED) is 0.550. The minimum atomic E-state index is -3.87. The van der Waals surface area contributed by atoms with Crippen molar-refractivity contribution in [2.75, 3.05) is 20.4 Å². The lowest BCUT2D eigenvalue weighted by Crippen LogP contribution is -2.26. The first-order valence-electron chi connectivity index (χ1n) is 8.35. The molecule has 3 rings (SSSR count). The maximum Gasteiger partial charge on any atom is 0.243 e. The fourth-order valence-corrected chi connectivity index (χ4v) is 4.26. The van der Waals surface area contributed by atoms with Crippen LogP contribution in [0.15, 0.2) is 62.8 Å². The van der Waals surface area contributed by atoms with Crippen molar-refractivity contribution in [1.29, 1.82) is 0 Å². The molecule has 0 fully saturated rings. The van der Waals surface area contributed by atoms with Crippen LogP contribution >= 0.6 is 0 Å². The summed E-state index contributed by atoms with van der Waals surface area (Å²) in [6, 6.07) is 12.1. The van der Waals surface area contributed by atoms with Crippen molar-refractivity contribution in [2.24, 2.45) is 0 Å². The zero-order valence-corrected chi connectivity index (χ0v) is 17.6. The Morgan fingerprint density at radius 3 is 2.31 bits per heavy atom. The summed E-state index contributed by atoms with van der Waals surface area (Å²) in [5, 5.41) is 3.88. The van der Waals surface area contributed by atoms with Crippen LogP contribution in [0.5, 0.6) is 5.75 Å². The number of hydrogen-bond acceptors (Lipinski definition) is 8. The molecule has 2 aromatic carbocycles. The summed E-state index contributed by atoms with van der Waals surface area (Å²) in [4.78, 5) is 4.23. The SMILES string of the molecule is COc1cccc(-c2noc(CN(C)S(=O)(=O)c3ccc(S(C)(=O)=O)cc3)n2)c1. The molecule has 1 heterocycles. The van der Waals surface area contributed by atoms with E-state index in [1.807, 2.05) is 0 Å². The van der Waals surface area contributed by atoms with Crippen LogP contribution in [0.3, 0.4) is 0 Å². The molecule has 29 heavy (non-hydrogen) atoms. The largest absolute Gasteiger partial charge is 0.497 e. The second-order valence-electron chi connectivity index (χ2n) is 6.25. The molecule has 9 nitrogen and oxygen atoms in total. The van der Waals surface area contributed by atoms with E-state index in [1.165, 1.54) is 31.3 Å². The summed E-state index contributed by atoms with van der Waals surface area (Å²) in [7, 11) is -4.37. The van der Waals surface area contributed by atoms with Crippen LogP contribution in [0.4, 0.5) is 0 Å². The number of hydrogen-bond donors (Lipinski definition) is 0. The molecule has 0 atom stereocenters. The minimum absolute atomic E-state index is 0.0407. The maximum absolute atomic E-state index is 12.7. The van der Waals surface area contributed by atoms with Gasteiger partial charge in [-0.05, 0) is 36.4 Å². The lowest BCUT2D eigenvalue weighted by atomic mass is 10.2. The van der Waals surface area contributed by atoms with Crippen molar-refractivity contribution in [3.63, 3.8) is 0 Å². The van der Waals surface area contributed by atoms with Gasteiger partial charge in [0.2, 0.25) is 21.7 Å². The number of methoxy groups -OCH3 is 1. The molecule has 0 N–H and O–H groups in total. The highest BCUT2D eigenvalue weighted by Gasteiger charge is 2.24. The van der Waals surface area contributed by atoms with Gasteiger partial charge in [-0.25, -0.2) is 16.8 Å². The van der Waals surface area contributed by atoms with Gasteiger partial charge in [0.25, 0.3) is 0 Å². The first kappa shape index (κ1) is 21.0. The third kappa shape index (κ3) is 4.63. The van der Waals surface area contributed by atoms with Crippen LogP contribution in [0.2, 0.25) is 0 Å². The average molecular weight is 437 g/mol. The van der Waals surface area contributed by atoms with Crippen LogP contribution in [0.1, 0.15) is 5.89 Å². The number of aromatic nitrogens is 2. The van der Waals surface area contributed by atoms with Crippen LogP contribution in [0.25, 0.3) is 11.4 Å². The monoisotopic (exact) mass is 437 g/mol. The Kier molecular flexibility index (Phi) is 5.73. The molecule has 0 saturated carbocycles. The van der Waals surface area contributed by atoms with E-state index in [4.69, 9.17) is 9.26 Å². The van der Waals surface area contributed by atoms with Gasteiger partial charge in [0.15, 0.2) is 9.84 Å². The summed E-state index contributed by atoms with van der Waals surface area (Å²) in [6.07, 6.45) is 1.05. The highest BCUT2D eigenvalue weighted by Crippen LogP contribution is 2.23. The van der Waals surface area contributed by atoms with Crippen molar-refractivity contribution in [3.05, 3.63) is 54.4 Å². The summed E-state index contributed by atoms with van der Waals surface area (Å²) < 4.78 is 59.9. The molecule has 0 aliphatic carbocycles. The van der Waals surface area contributed by atoms with Crippen LogP contribution < -0.4 is 4.74 Å². The molecule has 0 spiro atoms. The number of ether oxygens (including phenoxy) is 1. The standard InChI is InChI=1S/C18H19N3O6S2/c1-21(29(24,25)16-9-7-15(8-10-16)28(3,22)23)12-17-19-18(20-27-17)13-5-4-6-14(11-13)26-2/h4-11H,12H2,1-3H3. The molecule has 0 aliphatic heterocycles. The molecule has 0 saturated heterocycles. The topological polar surface area (TPSA) is 120 Å². The third-order valence-electron chi connectivity index (χ3n) is 4.11. The van der Waals surface area contributed by atoms with E-state index in [1.54, 1.807) is 31.4 Å². The van der Waals surface area contributed by atoms with E-state index >= 15 is 0 Å². The van der Waals surface area contributed by atoms with Gasteiger partial charge >= 0.3 is 0 Å². The van der Waals surface area contributed by atoms with E-state index in [-0.39, 0.29) is 22.2 Å². The number of rotatable bonds is 7. The van der Waals surface area contributed by atoms with Crippen molar-refractivity contribution in [1.82, 2.24) is 14.4 Å². The Labute approximate surface area is 168 Å². The molecule has 0 amide bonds. The molecule has 0 bridgehead atoms. The smallest absolute Gasteiger partial charge is 0.243 e. The fourth-order valence-electron chi connectivity index (χ4n) is 2.51. The predicted octanol–water partition coefficient (Wildman–Crippen LogP) is 1.97. The highest BCUT2D eigenvalue weighted by molar-refractivity contribution is 7.90. The second kappa shape index (κ2) is 7.93. The molecule has 11 heteroatoms. The Morgan fingerprint density at radius 2 is 1.69 bits per heavy atom. The number of sulfone groups is 1. The van der Waals surface area contributed by atoms with Crippen LogP contribution in [0, 0.1) is 0 Å². The molecule has 0 aliphatic rings. The second-order valence-corrected chi connectivity index (χ2v) is 10.3. The number of benzene rings is 2. The van der Waals surface area contributed by atoms with E-state index in [0.29, 0.717) is 17.1 Å².